The van der Waals surface area contributed by atoms with Gasteiger partial charge < -0.3 is 20.3 Å². The minimum absolute atomic E-state index is 0.00175. The number of unbranched alkanes of at least 4 members (excludes halogenated alkanes) is 51. The third kappa shape index (κ3) is 63.4. The minimum Gasteiger partial charge on any atom is -0.466 e. The Hall–Kier alpha value is -1.66. The molecule has 6 heteroatoms. The maximum absolute atomic E-state index is 12.5. The molecule has 0 bridgehead atoms. The van der Waals surface area contributed by atoms with Crippen LogP contribution < -0.4 is 5.32 Å². The number of hydrogen-bond donors (Lipinski definition) is 3. The van der Waals surface area contributed by atoms with Crippen LogP contribution in [0.5, 0.6) is 0 Å². The number of ether oxygens (including phenoxy) is 1. The number of esters is 1. The van der Waals surface area contributed by atoms with E-state index in [1.54, 1.807) is 0 Å². The van der Waals surface area contributed by atoms with Crippen LogP contribution in [0.2, 0.25) is 0 Å². The highest BCUT2D eigenvalue weighted by Gasteiger charge is 2.20. The standard InChI is InChI=1S/C71H137NO5/c1-3-5-7-9-11-13-15-17-19-21-22-23-24-25-26-28-32-35-39-43-47-51-55-59-63-69(74)68(67-73)72-70(75)64-60-56-52-48-44-40-36-33-29-27-30-34-38-42-46-50-54-58-62-66-77-71(76)65-61-57-53-49-45-41-37-31-20-18-16-14-12-10-8-6-4-2/h18,20,27,29,68-69,73-74H,3-17,19,21-26,28,30-67H2,1-2H3,(H,72,75)/b20-18-,29-27-. The summed E-state index contributed by atoms with van der Waals surface area (Å²) in [4.78, 5) is 24.6. The first-order valence-corrected chi connectivity index (χ1v) is 35.1. The van der Waals surface area contributed by atoms with Crippen molar-refractivity contribution in [2.75, 3.05) is 13.2 Å². The summed E-state index contributed by atoms with van der Waals surface area (Å²) >= 11 is 0. The zero-order valence-electron chi connectivity index (χ0n) is 52.2. The molecule has 0 aromatic heterocycles. The highest BCUT2D eigenvalue weighted by molar-refractivity contribution is 5.76. The fourth-order valence-electron chi connectivity index (χ4n) is 11.1. The Morgan fingerprint density at radius 3 is 0.922 bits per heavy atom. The van der Waals surface area contributed by atoms with Gasteiger partial charge in [-0.15, -0.1) is 0 Å². The summed E-state index contributed by atoms with van der Waals surface area (Å²) in [5, 5.41) is 23.4. The fraction of sp³-hybridized carbons (Fsp3) is 0.915. The molecule has 456 valence electrons. The molecule has 0 radical (unpaired) electrons. The van der Waals surface area contributed by atoms with Gasteiger partial charge in [0.05, 0.1) is 25.4 Å². The van der Waals surface area contributed by atoms with Gasteiger partial charge in [0.25, 0.3) is 0 Å². The van der Waals surface area contributed by atoms with Crippen molar-refractivity contribution in [2.45, 2.75) is 405 Å². The molecule has 0 aliphatic carbocycles. The molecule has 0 aromatic carbocycles. The molecule has 6 nitrogen and oxygen atoms in total. The molecule has 0 aromatic rings. The third-order valence-corrected chi connectivity index (χ3v) is 16.5. The van der Waals surface area contributed by atoms with Gasteiger partial charge in [0.2, 0.25) is 5.91 Å². The quantitative estimate of drug-likeness (QED) is 0.0320. The van der Waals surface area contributed by atoms with Gasteiger partial charge in [-0.25, -0.2) is 0 Å². The smallest absolute Gasteiger partial charge is 0.305 e. The summed E-state index contributed by atoms with van der Waals surface area (Å²) in [5.41, 5.74) is 0. The van der Waals surface area contributed by atoms with Crippen molar-refractivity contribution in [3.8, 4) is 0 Å². The van der Waals surface area contributed by atoms with E-state index in [1.165, 1.54) is 315 Å². The van der Waals surface area contributed by atoms with Crippen LogP contribution in [0, 0.1) is 0 Å². The zero-order valence-corrected chi connectivity index (χ0v) is 52.2. The lowest BCUT2D eigenvalue weighted by Gasteiger charge is -2.22. The highest BCUT2D eigenvalue weighted by Crippen LogP contribution is 2.19. The number of aliphatic hydroxyl groups excluding tert-OH is 2. The number of nitrogens with one attached hydrogen (secondary N) is 1. The van der Waals surface area contributed by atoms with E-state index in [2.05, 4.69) is 43.5 Å². The second kappa shape index (κ2) is 66.8. The van der Waals surface area contributed by atoms with E-state index in [9.17, 15) is 19.8 Å². The van der Waals surface area contributed by atoms with Crippen molar-refractivity contribution in [1.29, 1.82) is 0 Å². The lowest BCUT2D eigenvalue weighted by Crippen LogP contribution is -2.45. The summed E-state index contributed by atoms with van der Waals surface area (Å²) in [6.45, 7) is 4.97. The number of carbonyl (C=O) groups excluding carboxylic acids is 2. The van der Waals surface area contributed by atoms with Crippen LogP contribution in [-0.4, -0.2) is 47.4 Å². The van der Waals surface area contributed by atoms with Crippen LogP contribution in [0.1, 0.15) is 393 Å². The first-order chi connectivity index (χ1) is 38.0. The normalized spacial score (nSPS) is 12.6. The van der Waals surface area contributed by atoms with Gasteiger partial charge in [-0.2, -0.15) is 0 Å². The Morgan fingerprint density at radius 2 is 0.610 bits per heavy atom. The molecule has 0 heterocycles. The number of aliphatic hydroxyl groups is 2. The maximum atomic E-state index is 12.5. The highest BCUT2D eigenvalue weighted by atomic mass is 16.5. The van der Waals surface area contributed by atoms with E-state index in [1.807, 2.05) is 0 Å². The van der Waals surface area contributed by atoms with Crippen molar-refractivity contribution < 1.29 is 24.5 Å². The predicted molar refractivity (Wildman–Crippen MR) is 338 cm³/mol. The van der Waals surface area contributed by atoms with Crippen molar-refractivity contribution in [2.24, 2.45) is 0 Å². The average Bonchev–Trinajstić information content (AvgIpc) is 3.43. The molecule has 77 heavy (non-hydrogen) atoms. The van der Waals surface area contributed by atoms with Gasteiger partial charge in [-0.05, 0) is 77.0 Å². The number of rotatable bonds is 66. The molecule has 1 amide bonds. The largest absolute Gasteiger partial charge is 0.466 e. The molecule has 0 spiro atoms. The van der Waals surface area contributed by atoms with Crippen molar-refractivity contribution >= 4 is 11.9 Å². The van der Waals surface area contributed by atoms with E-state index in [4.69, 9.17) is 4.74 Å². The second-order valence-corrected chi connectivity index (χ2v) is 24.2. The molecule has 0 rings (SSSR count). The summed E-state index contributed by atoms with van der Waals surface area (Å²) < 4.78 is 5.49. The van der Waals surface area contributed by atoms with Crippen molar-refractivity contribution in [3.05, 3.63) is 24.3 Å². The van der Waals surface area contributed by atoms with Gasteiger partial charge in [0.1, 0.15) is 0 Å². The lowest BCUT2D eigenvalue weighted by molar-refractivity contribution is -0.143. The Bertz CT molecular complexity index is 1200. The van der Waals surface area contributed by atoms with E-state index in [-0.39, 0.29) is 18.5 Å². The van der Waals surface area contributed by atoms with Gasteiger partial charge in [0.15, 0.2) is 0 Å². The average molecular weight is 1080 g/mol. The van der Waals surface area contributed by atoms with E-state index in [0.29, 0.717) is 25.9 Å². The number of allylic oxidation sites excluding steroid dienone is 4. The summed E-state index contributed by atoms with van der Waals surface area (Å²) in [5.74, 6) is -0.0384. The van der Waals surface area contributed by atoms with Gasteiger partial charge in [0, 0.05) is 12.8 Å². The van der Waals surface area contributed by atoms with Gasteiger partial charge >= 0.3 is 5.97 Å². The van der Waals surface area contributed by atoms with Crippen molar-refractivity contribution in [3.63, 3.8) is 0 Å². The molecular formula is C71H137NO5. The van der Waals surface area contributed by atoms with Crippen LogP contribution >= 0.6 is 0 Å². The Morgan fingerprint density at radius 1 is 0.351 bits per heavy atom. The molecule has 0 saturated carbocycles. The second-order valence-electron chi connectivity index (χ2n) is 24.2. The lowest BCUT2D eigenvalue weighted by atomic mass is 10.0. The molecule has 0 aliphatic heterocycles. The molecule has 3 N–H and O–H groups in total. The van der Waals surface area contributed by atoms with Crippen LogP contribution in [0.4, 0.5) is 0 Å². The topological polar surface area (TPSA) is 95.9 Å². The van der Waals surface area contributed by atoms with E-state index >= 15 is 0 Å². The van der Waals surface area contributed by atoms with Crippen LogP contribution in [0.25, 0.3) is 0 Å². The van der Waals surface area contributed by atoms with Gasteiger partial charge in [-0.1, -0.05) is 327 Å². The van der Waals surface area contributed by atoms with E-state index in [0.717, 1.165) is 44.9 Å². The van der Waals surface area contributed by atoms with Crippen molar-refractivity contribution in [1.82, 2.24) is 5.32 Å². The number of amides is 1. The molecule has 0 saturated heterocycles. The number of carbonyl (C=O) groups is 2. The predicted octanol–water partition coefficient (Wildman–Crippen LogP) is 22.5. The monoisotopic (exact) mass is 1080 g/mol. The third-order valence-electron chi connectivity index (χ3n) is 16.5. The summed E-state index contributed by atoms with van der Waals surface area (Å²) in [7, 11) is 0. The number of hydrogen-bond acceptors (Lipinski definition) is 5. The van der Waals surface area contributed by atoms with Crippen LogP contribution in [0.15, 0.2) is 24.3 Å². The molecular weight excluding hydrogens is 947 g/mol. The summed E-state index contributed by atoms with van der Waals surface area (Å²) in [6, 6.07) is -0.550. The molecule has 2 atom stereocenters. The Kier molecular flexibility index (Phi) is 65.4. The molecule has 2 unspecified atom stereocenters. The molecule has 0 fully saturated rings. The maximum Gasteiger partial charge on any atom is 0.305 e. The van der Waals surface area contributed by atoms with E-state index < -0.39 is 12.1 Å². The minimum atomic E-state index is -0.672. The SMILES string of the molecule is CCCCCCCC/C=C\CCCCCCCCCC(=O)OCCCCCCCCCC/C=C\CCCCCCCCCC(=O)NC(CO)C(O)CCCCCCCCCCCCCCCCCCCCCCCCCC. The zero-order chi connectivity index (χ0) is 55.7. The first kappa shape index (κ1) is 75.3. The Labute approximate surface area is 481 Å². The Balaban J connectivity index is 3.42. The first-order valence-electron chi connectivity index (χ1n) is 35.1. The van der Waals surface area contributed by atoms with Crippen LogP contribution in [0.3, 0.4) is 0 Å². The van der Waals surface area contributed by atoms with Gasteiger partial charge in [-0.3, -0.25) is 9.59 Å². The fourth-order valence-corrected chi connectivity index (χ4v) is 11.1. The molecule has 0 aliphatic rings. The van der Waals surface area contributed by atoms with Crippen LogP contribution in [-0.2, 0) is 14.3 Å². The summed E-state index contributed by atoms with van der Waals surface area (Å²) in [6.07, 6.45) is 83.6.